The van der Waals surface area contributed by atoms with E-state index >= 15 is 0 Å². The second-order valence-corrected chi connectivity index (χ2v) is 8.93. The number of ether oxygens (including phenoxy) is 1. The highest BCUT2D eigenvalue weighted by molar-refractivity contribution is 9.13. The topological polar surface area (TPSA) is 87.2 Å². The summed E-state index contributed by atoms with van der Waals surface area (Å²) in [5.41, 5.74) is 0.550. The third kappa shape index (κ3) is 4.23. The highest BCUT2D eigenvalue weighted by Crippen LogP contribution is 2.43. The van der Waals surface area contributed by atoms with Gasteiger partial charge in [0.15, 0.2) is 11.5 Å². The maximum Gasteiger partial charge on any atom is 0.294 e. The van der Waals surface area contributed by atoms with Crippen molar-refractivity contribution in [2.45, 2.75) is 19.3 Å². The molecule has 0 radical (unpaired) electrons. The SMILES string of the molecule is COc1cc(/C=C2\SC(=O)N(CC(=O)N3CCCCC3)C2=O)c(Br)c(Br)c1O. The lowest BCUT2D eigenvalue weighted by Gasteiger charge is -2.27. The van der Waals surface area contributed by atoms with Gasteiger partial charge in [0.1, 0.15) is 6.54 Å². The first kappa shape index (κ1) is 21.2. The summed E-state index contributed by atoms with van der Waals surface area (Å²) in [4.78, 5) is 40.3. The third-order valence-corrected chi connectivity index (χ3v) is 7.62. The summed E-state index contributed by atoms with van der Waals surface area (Å²) in [6, 6.07) is 1.55. The summed E-state index contributed by atoms with van der Waals surface area (Å²) in [5.74, 6) is -0.568. The minimum Gasteiger partial charge on any atom is -0.503 e. The first-order valence-corrected chi connectivity index (χ1v) is 11.0. The standard InChI is InChI=1S/C18H18Br2N2O5S/c1-27-11-7-10(14(19)15(20)16(11)24)8-12-17(25)22(18(26)28-12)9-13(23)21-5-3-2-4-6-21/h7-8,24H,2-6,9H2,1H3/b12-8-. The summed E-state index contributed by atoms with van der Waals surface area (Å²) >= 11 is 7.40. The summed E-state index contributed by atoms with van der Waals surface area (Å²) in [7, 11) is 1.42. The number of aromatic hydroxyl groups is 1. The van der Waals surface area contributed by atoms with E-state index in [-0.39, 0.29) is 28.9 Å². The summed E-state index contributed by atoms with van der Waals surface area (Å²) < 4.78 is 6.01. The monoisotopic (exact) mass is 532 g/mol. The Morgan fingerprint density at radius 2 is 1.93 bits per heavy atom. The van der Waals surface area contributed by atoms with E-state index in [4.69, 9.17) is 4.74 Å². The van der Waals surface area contributed by atoms with Crippen LogP contribution in [0.3, 0.4) is 0 Å². The molecular formula is C18H18Br2N2O5S. The van der Waals surface area contributed by atoms with Crippen LogP contribution in [0.25, 0.3) is 6.08 Å². The number of imide groups is 1. The van der Waals surface area contributed by atoms with E-state index in [1.54, 1.807) is 11.0 Å². The van der Waals surface area contributed by atoms with Crippen molar-refractivity contribution in [1.29, 1.82) is 0 Å². The van der Waals surface area contributed by atoms with E-state index in [1.807, 2.05) is 0 Å². The fourth-order valence-electron chi connectivity index (χ4n) is 3.03. The number of piperidine rings is 1. The lowest BCUT2D eigenvalue weighted by Crippen LogP contribution is -2.44. The average Bonchev–Trinajstić information content (AvgIpc) is 2.96. The van der Waals surface area contributed by atoms with Crippen molar-refractivity contribution in [3.63, 3.8) is 0 Å². The molecule has 0 saturated carbocycles. The maximum atomic E-state index is 12.7. The predicted octanol–water partition coefficient (Wildman–Crippen LogP) is 3.97. The van der Waals surface area contributed by atoms with Gasteiger partial charge in [0.2, 0.25) is 5.91 Å². The molecule has 150 valence electrons. The number of nitrogens with zero attached hydrogens (tertiary/aromatic N) is 2. The molecule has 2 fully saturated rings. The van der Waals surface area contributed by atoms with Crippen molar-refractivity contribution in [2.75, 3.05) is 26.7 Å². The molecule has 0 aromatic heterocycles. The van der Waals surface area contributed by atoms with Crippen LogP contribution in [-0.4, -0.2) is 58.7 Å². The molecule has 7 nitrogen and oxygen atoms in total. The summed E-state index contributed by atoms with van der Waals surface area (Å²) in [5, 5.41) is 9.55. The second-order valence-electron chi connectivity index (χ2n) is 6.35. The van der Waals surface area contributed by atoms with Crippen molar-refractivity contribution < 1.29 is 24.2 Å². The van der Waals surface area contributed by atoms with Crippen molar-refractivity contribution in [3.8, 4) is 11.5 Å². The Morgan fingerprint density at radius 3 is 2.57 bits per heavy atom. The molecule has 2 aliphatic rings. The largest absolute Gasteiger partial charge is 0.503 e. The fraction of sp³-hybridized carbons (Fsp3) is 0.389. The second kappa shape index (κ2) is 8.87. The van der Waals surface area contributed by atoms with Gasteiger partial charge in [-0.2, -0.15) is 0 Å². The molecule has 3 rings (SSSR count). The molecule has 2 saturated heterocycles. The average molecular weight is 534 g/mol. The normalized spacial score (nSPS) is 18.9. The van der Waals surface area contributed by atoms with Crippen LogP contribution in [0.5, 0.6) is 11.5 Å². The lowest BCUT2D eigenvalue weighted by atomic mass is 10.1. The Balaban J connectivity index is 1.81. The minimum atomic E-state index is -0.504. The molecule has 0 bridgehead atoms. The number of hydrogen-bond acceptors (Lipinski definition) is 6. The minimum absolute atomic E-state index is 0.0771. The number of phenolic OH excluding ortho intramolecular Hbond substituents is 1. The zero-order chi connectivity index (χ0) is 20.4. The number of phenols is 1. The van der Waals surface area contributed by atoms with Crippen LogP contribution in [0.2, 0.25) is 0 Å². The number of methoxy groups -OCH3 is 1. The number of amides is 3. The van der Waals surface area contributed by atoms with Gasteiger partial charge in [0.25, 0.3) is 11.1 Å². The van der Waals surface area contributed by atoms with Gasteiger partial charge in [-0.15, -0.1) is 0 Å². The van der Waals surface area contributed by atoms with E-state index in [0.29, 0.717) is 27.6 Å². The van der Waals surface area contributed by atoms with E-state index in [9.17, 15) is 19.5 Å². The maximum absolute atomic E-state index is 12.7. The smallest absolute Gasteiger partial charge is 0.294 e. The molecule has 0 atom stereocenters. The van der Waals surface area contributed by atoms with Gasteiger partial charge in [0.05, 0.1) is 16.5 Å². The van der Waals surface area contributed by atoms with Crippen LogP contribution in [0.15, 0.2) is 19.9 Å². The Bertz CT molecular complexity index is 868. The Hall–Kier alpha value is -1.52. The van der Waals surface area contributed by atoms with Crippen LogP contribution < -0.4 is 4.74 Å². The van der Waals surface area contributed by atoms with Crippen molar-refractivity contribution >= 4 is 66.8 Å². The quantitative estimate of drug-likeness (QED) is 0.589. The Kier molecular flexibility index (Phi) is 6.72. The zero-order valence-corrected chi connectivity index (χ0v) is 19.0. The third-order valence-electron chi connectivity index (χ3n) is 4.56. The molecule has 0 unspecified atom stereocenters. The van der Waals surface area contributed by atoms with Crippen molar-refractivity contribution in [3.05, 3.63) is 25.5 Å². The Labute approximate surface area is 183 Å². The van der Waals surface area contributed by atoms with Gasteiger partial charge in [0, 0.05) is 17.6 Å². The summed E-state index contributed by atoms with van der Waals surface area (Å²) in [6.07, 6.45) is 4.51. The number of carbonyl (C=O) groups is 3. The van der Waals surface area contributed by atoms with Crippen molar-refractivity contribution in [1.82, 2.24) is 9.80 Å². The molecule has 28 heavy (non-hydrogen) atoms. The number of likely N-dealkylation sites (tertiary alicyclic amines) is 1. The van der Waals surface area contributed by atoms with Gasteiger partial charge >= 0.3 is 0 Å². The van der Waals surface area contributed by atoms with Crippen LogP contribution in [0.4, 0.5) is 4.79 Å². The molecule has 0 aliphatic carbocycles. The number of benzene rings is 1. The van der Waals surface area contributed by atoms with E-state index in [1.165, 1.54) is 13.2 Å². The summed E-state index contributed by atoms with van der Waals surface area (Å²) in [6.45, 7) is 1.09. The molecule has 2 aliphatic heterocycles. The van der Waals surface area contributed by atoms with Crippen LogP contribution in [0.1, 0.15) is 24.8 Å². The number of hydrogen-bond donors (Lipinski definition) is 1. The van der Waals surface area contributed by atoms with Crippen LogP contribution >= 0.6 is 43.6 Å². The molecule has 2 heterocycles. The first-order valence-electron chi connectivity index (χ1n) is 8.61. The molecular weight excluding hydrogens is 516 g/mol. The van der Waals surface area contributed by atoms with E-state index < -0.39 is 11.1 Å². The fourth-order valence-corrected chi connectivity index (χ4v) is 4.70. The van der Waals surface area contributed by atoms with Gasteiger partial charge in [-0.05, 0) is 80.6 Å². The number of rotatable bonds is 4. The molecule has 1 N–H and O–H groups in total. The molecule has 3 amide bonds. The van der Waals surface area contributed by atoms with Crippen LogP contribution in [-0.2, 0) is 9.59 Å². The molecule has 0 spiro atoms. The highest BCUT2D eigenvalue weighted by Gasteiger charge is 2.37. The molecule has 1 aromatic rings. The predicted molar refractivity (Wildman–Crippen MR) is 113 cm³/mol. The first-order chi connectivity index (χ1) is 13.3. The number of carbonyl (C=O) groups excluding carboxylic acids is 3. The van der Waals surface area contributed by atoms with Gasteiger partial charge in [-0.25, -0.2) is 0 Å². The van der Waals surface area contributed by atoms with Gasteiger partial charge in [-0.1, -0.05) is 0 Å². The zero-order valence-electron chi connectivity index (χ0n) is 15.0. The van der Waals surface area contributed by atoms with E-state index in [2.05, 4.69) is 31.9 Å². The van der Waals surface area contributed by atoms with E-state index in [0.717, 1.165) is 35.9 Å². The van der Waals surface area contributed by atoms with Crippen molar-refractivity contribution in [2.24, 2.45) is 0 Å². The molecule has 10 heteroatoms. The number of thioether (sulfide) groups is 1. The lowest BCUT2D eigenvalue weighted by molar-refractivity contribution is -0.136. The van der Waals surface area contributed by atoms with Gasteiger partial charge in [-0.3, -0.25) is 19.3 Å². The highest BCUT2D eigenvalue weighted by atomic mass is 79.9. The Morgan fingerprint density at radius 1 is 1.25 bits per heavy atom. The van der Waals surface area contributed by atoms with Gasteiger partial charge < -0.3 is 14.7 Å². The number of halogens is 2. The van der Waals surface area contributed by atoms with Crippen LogP contribution in [0, 0.1) is 0 Å². The molecule has 1 aromatic carbocycles.